The molecule has 7 nitrogen and oxygen atoms in total. The second kappa shape index (κ2) is 7.79. The van der Waals surface area contributed by atoms with Crippen molar-refractivity contribution in [2.24, 2.45) is 0 Å². The maximum atomic E-state index is 13.2. The van der Waals surface area contributed by atoms with E-state index in [2.05, 4.69) is 11.9 Å². The summed E-state index contributed by atoms with van der Waals surface area (Å²) in [6, 6.07) is 14.7. The van der Waals surface area contributed by atoms with E-state index in [0.29, 0.717) is 17.8 Å². The Morgan fingerprint density at radius 3 is 2.70 bits per heavy atom. The molecule has 0 aliphatic rings. The van der Waals surface area contributed by atoms with Gasteiger partial charge >= 0.3 is 0 Å². The van der Waals surface area contributed by atoms with E-state index < -0.39 is 5.91 Å². The zero-order chi connectivity index (χ0) is 21.3. The number of carbonyl (C=O) groups is 1. The van der Waals surface area contributed by atoms with Crippen LogP contribution < -0.4 is 16.4 Å². The lowest BCUT2D eigenvalue weighted by atomic mass is 10.1. The van der Waals surface area contributed by atoms with Crippen molar-refractivity contribution in [3.8, 4) is 0 Å². The highest BCUT2D eigenvalue weighted by Crippen LogP contribution is 2.14. The Morgan fingerprint density at radius 1 is 1.20 bits per heavy atom. The van der Waals surface area contributed by atoms with Crippen LogP contribution in [0.5, 0.6) is 0 Å². The topological polar surface area (TPSA) is 92.2 Å². The Morgan fingerprint density at radius 2 is 1.97 bits per heavy atom. The molecule has 4 rings (SSSR count). The first-order valence-corrected chi connectivity index (χ1v) is 9.54. The number of aromatic nitrogens is 3. The molecule has 0 saturated carbocycles. The highest BCUT2D eigenvalue weighted by Gasteiger charge is 2.18. The van der Waals surface area contributed by atoms with Crippen LogP contribution >= 0.6 is 0 Å². The summed E-state index contributed by atoms with van der Waals surface area (Å²) >= 11 is 0. The molecule has 3 aromatic heterocycles. The number of carbonyl (C=O) groups excluding carboxylic acids is 1. The van der Waals surface area contributed by atoms with Crippen LogP contribution in [-0.2, 0) is 6.54 Å². The van der Waals surface area contributed by atoms with E-state index in [4.69, 9.17) is 10.4 Å². The van der Waals surface area contributed by atoms with Gasteiger partial charge in [0.1, 0.15) is 16.8 Å². The molecule has 7 heteroatoms. The third kappa shape index (κ3) is 3.30. The van der Waals surface area contributed by atoms with Crippen molar-refractivity contribution in [1.82, 2.24) is 19.3 Å². The second-order valence-corrected chi connectivity index (χ2v) is 7.02. The number of pyridine rings is 2. The number of nitrogens with zero attached hydrogens (tertiary/aromatic N) is 3. The summed E-state index contributed by atoms with van der Waals surface area (Å²) in [4.78, 5) is 30.6. The molecule has 4 aromatic rings. The molecule has 0 fully saturated rings. The van der Waals surface area contributed by atoms with Crippen LogP contribution in [0.1, 0.15) is 21.5 Å². The van der Waals surface area contributed by atoms with Gasteiger partial charge in [0.15, 0.2) is 0 Å². The second-order valence-electron chi connectivity index (χ2n) is 7.02. The molecule has 0 aliphatic carbocycles. The number of aryl methyl sites for hydroxylation is 1. The molecule has 0 aliphatic heterocycles. The molecular formula is C23H21N5O2. The third-order valence-electron chi connectivity index (χ3n) is 4.97. The van der Waals surface area contributed by atoms with Crippen LogP contribution in [0.25, 0.3) is 16.7 Å². The number of nitrogens with one attached hydrogen (secondary N) is 2. The first-order chi connectivity index (χ1) is 14.5. The molecule has 1 amide bonds. The monoisotopic (exact) mass is 399 g/mol. The van der Waals surface area contributed by atoms with Gasteiger partial charge in [-0.25, -0.2) is 4.98 Å². The van der Waals surface area contributed by atoms with E-state index in [1.807, 2.05) is 43.3 Å². The summed E-state index contributed by atoms with van der Waals surface area (Å²) in [6.07, 6.45) is 3.22. The minimum absolute atomic E-state index is 0.00208. The zero-order valence-electron chi connectivity index (χ0n) is 16.6. The number of hydrogen-bond acceptors (Lipinski definition) is 4. The minimum atomic E-state index is -0.433. The van der Waals surface area contributed by atoms with Crippen molar-refractivity contribution in [2.45, 2.75) is 13.5 Å². The summed E-state index contributed by atoms with van der Waals surface area (Å²) in [6.45, 7) is 6.06. The van der Waals surface area contributed by atoms with Gasteiger partial charge in [0.25, 0.3) is 11.5 Å². The van der Waals surface area contributed by atoms with E-state index in [-0.39, 0.29) is 28.5 Å². The highest BCUT2D eigenvalue weighted by atomic mass is 16.1. The molecule has 30 heavy (non-hydrogen) atoms. The lowest BCUT2D eigenvalue weighted by Gasteiger charge is -2.15. The maximum absolute atomic E-state index is 13.2. The molecule has 150 valence electrons. The quantitative estimate of drug-likeness (QED) is 0.399. The smallest absolute Gasteiger partial charge is 0.267 e. The van der Waals surface area contributed by atoms with Gasteiger partial charge in [-0.1, -0.05) is 42.5 Å². The van der Waals surface area contributed by atoms with Crippen molar-refractivity contribution in [1.29, 1.82) is 5.41 Å². The first-order valence-electron chi connectivity index (χ1n) is 9.54. The first kappa shape index (κ1) is 19.3. The van der Waals surface area contributed by atoms with Crippen LogP contribution in [0.4, 0.5) is 0 Å². The molecule has 0 bridgehead atoms. The van der Waals surface area contributed by atoms with Crippen LogP contribution in [0.2, 0.25) is 0 Å². The Labute approximate surface area is 172 Å². The summed E-state index contributed by atoms with van der Waals surface area (Å²) in [7, 11) is 0. The van der Waals surface area contributed by atoms with E-state index >= 15 is 0 Å². The van der Waals surface area contributed by atoms with Crippen LogP contribution in [-0.4, -0.2) is 26.4 Å². The van der Waals surface area contributed by atoms with Crippen LogP contribution in [0.15, 0.2) is 72.2 Å². The van der Waals surface area contributed by atoms with Gasteiger partial charge in [0.2, 0.25) is 0 Å². The number of benzene rings is 1. The van der Waals surface area contributed by atoms with Gasteiger partial charge in [0, 0.05) is 12.7 Å². The molecule has 0 spiro atoms. The molecule has 0 saturated heterocycles. The third-order valence-corrected chi connectivity index (χ3v) is 4.97. The Balaban J connectivity index is 2.07. The Bertz CT molecular complexity index is 1400. The van der Waals surface area contributed by atoms with E-state index in [1.165, 1.54) is 10.5 Å². The van der Waals surface area contributed by atoms with Crippen molar-refractivity contribution in [2.75, 3.05) is 6.54 Å². The van der Waals surface area contributed by atoms with Crippen molar-refractivity contribution in [3.63, 3.8) is 0 Å². The summed E-state index contributed by atoms with van der Waals surface area (Å²) in [5.41, 5.74) is 2.53. The Hall–Kier alpha value is -4.00. The van der Waals surface area contributed by atoms with Gasteiger partial charge in [0.05, 0.1) is 17.5 Å². The van der Waals surface area contributed by atoms with E-state index in [0.717, 1.165) is 11.1 Å². The van der Waals surface area contributed by atoms with Crippen molar-refractivity contribution < 1.29 is 4.79 Å². The van der Waals surface area contributed by atoms with Gasteiger partial charge in [-0.2, -0.15) is 0 Å². The molecular weight excluding hydrogens is 378 g/mol. The predicted molar refractivity (Wildman–Crippen MR) is 116 cm³/mol. The summed E-state index contributed by atoms with van der Waals surface area (Å²) in [5.74, 6) is -0.433. The summed E-state index contributed by atoms with van der Waals surface area (Å²) in [5, 5.41) is 11.7. The standard InChI is InChI=1S/C23H21N5O2/c1-3-11-25-22(29)17-13-18-21(26-20-15(2)8-7-12-27(20)23(18)30)28(19(17)24)14-16-9-5-4-6-10-16/h3-10,12-13,24H,1,11,14H2,2H3,(H,25,29). The molecule has 2 N–H and O–H groups in total. The molecule has 1 aromatic carbocycles. The van der Waals surface area contributed by atoms with E-state index in [9.17, 15) is 9.59 Å². The SMILES string of the molecule is C=CCNC(=O)c1cc2c(=O)n3cccc(C)c3nc2n(Cc2ccccc2)c1=N. The lowest BCUT2D eigenvalue weighted by molar-refractivity contribution is 0.0955. The predicted octanol–water partition coefficient (Wildman–Crippen LogP) is 2.40. The molecule has 0 atom stereocenters. The average Bonchev–Trinajstić information content (AvgIpc) is 2.75. The number of amides is 1. The van der Waals surface area contributed by atoms with Crippen molar-refractivity contribution >= 4 is 22.6 Å². The Kier molecular flexibility index (Phi) is 5.02. The fraction of sp³-hybridized carbons (Fsp3) is 0.130. The number of rotatable bonds is 5. The molecule has 0 unspecified atom stereocenters. The minimum Gasteiger partial charge on any atom is -0.348 e. The highest BCUT2D eigenvalue weighted by molar-refractivity contribution is 5.96. The fourth-order valence-electron chi connectivity index (χ4n) is 3.45. The van der Waals surface area contributed by atoms with Gasteiger partial charge in [-0.15, -0.1) is 6.58 Å². The fourth-order valence-corrected chi connectivity index (χ4v) is 3.45. The number of hydrogen-bond donors (Lipinski definition) is 2. The molecule has 0 radical (unpaired) electrons. The van der Waals surface area contributed by atoms with Crippen LogP contribution in [0.3, 0.4) is 0 Å². The molecule has 3 heterocycles. The number of fused-ring (bicyclic) bond motifs is 2. The average molecular weight is 399 g/mol. The van der Waals surface area contributed by atoms with Crippen molar-refractivity contribution in [3.05, 3.63) is 99.9 Å². The lowest BCUT2D eigenvalue weighted by Crippen LogP contribution is -2.35. The maximum Gasteiger partial charge on any atom is 0.267 e. The van der Waals surface area contributed by atoms with E-state index in [1.54, 1.807) is 22.9 Å². The van der Waals surface area contributed by atoms with Gasteiger partial charge in [-0.3, -0.25) is 19.4 Å². The normalized spacial score (nSPS) is 11.0. The zero-order valence-corrected chi connectivity index (χ0v) is 16.6. The summed E-state index contributed by atoms with van der Waals surface area (Å²) < 4.78 is 3.08. The largest absolute Gasteiger partial charge is 0.348 e. The van der Waals surface area contributed by atoms with Gasteiger partial charge in [-0.05, 0) is 30.2 Å². The van der Waals surface area contributed by atoms with Gasteiger partial charge < -0.3 is 9.88 Å². The van der Waals surface area contributed by atoms with Crippen LogP contribution in [0, 0.1) is 12.3 Å².